The average Bonchev–Trinajstić information content (AvgIpc) is 3.16. The van der Waals surface area contributed by atoms with Crippen LogP contribution in [0.5, 0.6) is 0 Å². The Morgan fingerprint density at radius 3 is 2.53 bits per heavy atom. The zero-order chi connectivity index (χ0) is 21.6. The second-order valence-electron chi connectivity index (χ2n) is 7.14. The zero-order valence-corrected chi connectivity index (χ0v) is 19.4. The SMILES string of the molecule is CN(C)CCOCCn1nnc(-c2ccccc2Nc2ccc(C(F)(P)P)cc2)n1. The summed E-state index contributed by atoms with van der Waals surface area (Å²) in [6.07, 6.45) is 0. The van der Waals surface area contributed by atoms with Crippen LogP contribution in [-0.4, -0.2) is 59.0 Å². The molecule has 30 heavy (non-hydrogen) atoms. The Morgan fingerprint density at radius 1 is 1.10 bits per heavy atom. The van der Waals surface area contributed by atoms with Crippen molar-refractivity contribution in [3.8, 4) is 11.4 Å². The minimum atomic E-state index is -1.53. The Hall–Kier alpha value is -1.98. The topological polar surface area (TPSA) is 68.1 Å². The van der Waals surface area contributed by atoms with Crippen molar-refractivity contribution in [2.24, 2.45) is 0 Å². The van der Waals surface area contributed by atoms with E-state index in [1.54, 1.807) is 12.1 Å². The van der Waals surface area contributed by atoms with Crippen LogP contribution >= 0.6 is 18.5 Å². The quantitative estimate of drug-likeness (QED) is 0.378. The van der Waals surface area contributed by atoms with Gasteiger partial charge in [-0.1, -0.05) is 42.7 Å². The Balaban J connectivity index is 1.66. The summed E-state index contributed by atoms with van der Waals surface area (Å²) in [4.78, 5) is 3.61. The number of alkyl halides is 1. The van der Waals surface area contributed by atoms with Crippen LogP contribution in [0.4, 0.5) is 15.8 Å². The second-order valence-corrected chi connectivity index (χ2v) is 9.49. The summed E-state index contributed by atoms with van der Waals surface area (Å²) in [5.41, 5.74) is 3.08. The molecule has 3 aromatic rings. The van der Waals surface area contributed by atoms with E-state index in [4.69, 9.17) is 4.74 Å². The number of ether oxygens (including phenoxy) is 1. The molecule has 2 aromatic carbocycles. The van der Waals surface area contributed by atoms with Gasteiger partial charge in [-0.05, 0) is 49.1 Å². The van der Waals surface area contributed by atoms with Crippen molar-refractivity contribution in [1.82, 2.24) is 25.1 Å². The number of para-hydroxylation sites is 1. The van der Waals surface area contributed by atoms with Crippen LogP contribution in [-0.2, 0) is 16.4 Å². The summed E-state index contributed by atoms with van der Waals surface area (Å²) in [6.45, 7) is 2.59. The van der Waals surface area contributed by atoms with Crippen molar-refractivity contribution in [3.63, 3.8) is 0 Å². The van der Waals surface area contributed by atoms with Crippen molar-refractivity contribution in [3.05, 3.63) is 54.1 Å². The van der Waals surface area contributed by atoms with Crippen LogP contribution < -0.4 is 5.32 Å². The number of anilines is 2. The van der Waals surface area contributed by atoms with E-state index in [1.165, 1.54) is 4.80 Å². The molecule has 0 saturated heterocycles. The van der Waals surface area contributed by atoms with E-state index in [0.29, 0.717) is 31.1 Å². The fourth-order valence-electron chi connectivity index (χ4n) is 2.69. The summed E-state index contributed by atoms with van der Waals surface area (Å²) in [6, 6.07) is 14.9. The van der Waals surface area contributed by atoms with Gasteiger partial charge in [0.25, 0.3) is 0 Å². The summed E-state index contributed by atoms with van der Waals surface area (Å²) in [5.74, 6) is 0.528. The number of likely N-dealkylation sites (N-methyl/N-ethyl adjacent to an activating group) is 1. The molecule has 0 aliphatic heterocycles. The first-order valence-corrected chi connectivity index (χ1v) is 10.7. The molecule has 1 N–H and O–H groups in total. The molecule has 0 spiro atoms. The molecule has 0 saturated carbocycles. The predicted molar refractivity (Wildman–Crippen MR) is 125 cm³/mol. The molecule has 0 amide bonds. The van der Waals surface area contributed by atoms with Gasteiger partial charge in [-0.15, -0.1) is 10.2 Å². The number of benzene rings is 2. The molecule has 3 rings (SSSR count). The lowest BCUT2D eigenvalue weighted by Gasteiger charge is -2.15. The minimum Gasteiger partial charge on any atom is -0.378 e. The van der Waals surface area contributed by atoms with Gasteiger partial charge in [0.2, 0.25) is 5.82 Å². The van der Waals surface area contributed by atoms with E-state index in [1.807, 2.05) is 50.5 Å². The number of hydrogen-bond donors (Lipinski definition) is 1. The van der Waals surface area contributed by atoms with Crippen molar-refractivity contribution in [1.29, 1.82) is 0 Å². The highest BCUT2D eigenvalue weighted by Crippen LogP contribution is 2.40. The van der Waals surface area contributed by atoms with E-state index in [0.717, 1.165) is 23.5 Å². The molecule has 0 aliphatic carbocycles. The smallest absolute Gasteiger partial charge is 0.207 e. The van der Waals surface area contributed by atoms with Crippen LogP contribution in [0.15, 0.2) is 48.5 Å². The fraction of sp³-hybridized carbons (Fsp3) is 0.350. The second kappa shape index (κ2) is 10.4. The highest BCUT2D eigenvalue weighted by atomic mass is 31.1. The Bertz CT molecular complexity index is 943. The predicted octanol–water partition coefficient (Wildman–Crippen LogP) is 3.49. The van der Waals surface area contributed by atoms with E-state index in [2.05, 4.69) is 44.1 Å². The fourth-order valence-corrected chi connectivity index (χ4v) is 3.08. The van der Waals surface area contributed by atoms with Crippen molar-refractivity contribution in [2.75, 3.05) is 39.2 Å². The Morgan fingerprint density at radius 2 is 1.83 bits per heavy atom. The molecular formula is C20H27FN6OP2. The van der Waals surface area contributed by atoms with Gasteiger partial charge in [-0.2, -0.15) is 4.80 Å². The largest absolute Gasteiger partial charge is 0.378 e. The number of hydrogen-bond acceptors (Lipinski definition) is 6. The average molecular weight is 448 g/mol. The van der Waals surface area contributed by atoms with Gasteiger partial charge < -0.3 is 15.0 Å². The molecule has 0 radical (unpaired) electrons. The van der Waals surface area contributed by atoms with Gasteiger partial charge in [0.05, 0.1) is 19.8 Å². The molecule has 7 nitrogen and oxygen atoms in total. The van der Waals surface area contributed by atoms with Crippen LogP contribution in [0.1, 0.15) is 5.56 Å². The summed E-state index contributed by atoms with van der Waals surface area (Å²) >= 11 is 0. The lowest BCUT2D eigenvalue weighted by Crippen LogP contribution is -2.19. The first-order valence-electron chi connectivity index (χ1n) is 9.57. The third-order valence-electron chi connectivity index (χ3n) is 4.35. The number of halogens is 1. The normalized spacial score (nSPS) is 11.8. The molecule has 0 fully saturated rings. The van der Waals surface area contributed by atoms with Crippen LogP contribution in [0.3, 0.4) is 0 Å². The monoisotopic (exact) mass is 448 g/mol. The molecule has 10 heteroatoms. The number of rotatable bonds is 10. The van der Waals surface area contributed by atoms with Crippen molar-refractivity contribution >= 4 is 29.9 Å². The molecule has 2 atom stereocenters. The Labute approximate surface area is 180 Å². The standard InChI is InChI=1S/C20H27FN6OP2/c1-26(2)11-13-28-14-12-27-24-19(23-25-27)17-5-3-4-6-18(17)22-16-9-7-15(8-10-16)20(21,29)30/h3-10,22H,11-14,29-30H2,1-2H3. The van der Waals surface area contributed by atoms with Gasteiger partial charge >= 0.3 is 0 Å². The van der Waals surface area contributed by atoms with E-state index in [9.17, 15) is 4.39 Å². The molecular weight excluding hydrogens is 421 g/mol. The van der Waals surface area contributed by atoms with Gasteiger partial charge in [0.15, 0.2) is 5.15 Å². The van der Waals surface area contributed by atoms with Crippen molar-refractivity contribution in [2.45, 2.75) is 11.7 Å². The first kappa shape index (κ1) is 22.7. The number of aromatic nitrogens is 4. The lowest BCUT2D eigenvalue weighted by atomic mass is 10.1. The minimum absolute atomic E-state index is 0.525. The maximum absolute atomic E-state index is 14.0. The van der Waals surface area contributed by atoms with E-state index < -0.39 is 5.15 Å². The zero-order valence-electron chi connectivity index (χ0n) is 17.1. The van der Waals surface area contributed by atoms with Crippen LogP contribution in [0.2, 0.25) is 0 Å². The third-order valence-corrected chi connectivity index (χ3v) is 5.01. The maximum Gasteiger partial charge on any atom is 0.207 e. The molecule has 0 aliphatic rings. The highest BCUT2D eigenvalue weighted by molar-refractivity contribution is 7.38. The third kappa shape index (κ3) is 6.51. The Kier molecular flexibility index (Phi) is 7.84. The maximum atomic E-state index is 14.0. The van der Waals surface area contributed by atoms with Gasteiger partial charge in [0, 0.05) is 23.5 Å². The van der Waals surface area contributed by atoms with E-state index in [-0.39, 0.29) is 0 Å². The first-order chi connectivity index (χ1) is 14.3. The van der Waals surface area contributed by atoms with Gasteiger partial charge in [0.1, 0.15) is 0 Å². The molecule has 1 heterocycles. The highest BCUT2D eigenvalue weighted by Gasteiger charge is 2.18. The summed E-state index contributed by atoms with van der Waals surface area (Å²) in [5, 5.41) is 14.6. The summed E-state index contributed by atoms with van der Waals surface area (Å²) < 4.78 is 19.6. The van der Waals surface area contributed by atoms with Crippen LogP contribution in [0, 0.1) is 0 Å². The van der Waals surface area contributed by atoms with Gasteiger partial charge in [-0.25, -0.2) is 4.39 Å². The number of nitrogens with one attached hydrogen (secondary N) is 1. The van der Waals surface area contributed by atoms with Crippen molar-refractivity contribution < 1.29 is 9.13 Å². The molecule has 0 bridgehead atoms. The number of nitrogens with zero attached hydrogens (tertiary/aromatic N) is 5. The van der Waals surface area contributed by atoms with E-state index >= 15 is 0 Å². The van der Waals surface area contributed by atoms with Crippen LogP contribution in [0.25, 0.3) is 11.4 Å². The van der Waals surface area contributed by atoms with Gasteiger partial charge in [-0.3, -0.25) is 0 Å². The molecule has 2 unspecified atom stereocenters. The summed E-state index contributed by atoms with van der Waals surface area (Å²) in [7, 11) is 8.36. The molecule has 1 aromatic heterocycles. The lowest BCUT2D eigenvalue weighted by molar-refractivity contribution is 0.106. The number of tetrazole rings is 1. The molecule has 160 valence electrons.